The topological polar surface area (TPSA) is 49.4 Å². The Morgan fingerprint density at radius 2 is 1.95 bits per heavy atom. The van der Waals surface area contributed by atoms with Crippen molar-refractivity contribution in [3.8, 4) is 0 Å². The highest BCUT2D eigenvalue weighted by atomic mass is 32.2. The zero-order chi connectivity index (χ0) is 15.3. The first-order valence-corrected chi connectivity index (χ1v) is 9.56. The fourth-order valence-electron chi connectivity index (χ4n) is 2.86. The lowest BCUT2D eigenvalue weighted by Gasteiger charge is -2.32. The quantitative estimate of drug-likeness (QED) is 0.817. The van der Waals surface area contributed by atoms with Crippen LogP contribution in [0.3, 0.4) is 0 Å². The molecule has 21 heavy (non-hydrogen) atoms. The Morgan fingerprint density at radius 1 is 1.24 bits per heavy atom. The number of nitrogens with zero attached hydrogens (tertiary/aromatic N) is 1. The molecule has 1 aliphatic rings. The molecular formula is C16H26N2O2S. The molecule has 0 aliphatic carbocycles. The first-order chi connectivity index (χ1) is 9.97. The lowest BCUT2D eigenvalue weighted by Crippen LogP contribution is -2.38. The summed E-state index contributed by atoms with van der Waals surface area (Å²) in [5, 5.41) is 3.45. The number of sulfone groups is 1. The third kappa shape index (κ3) is 5.09. The Balaban J connectivity index is 1.73. The zero-order valence-electron chi connectivity index (χ0n) is 13.0. The molecule has 0 amide bonds. The fraction of sp³-hybridized carbons (Fsp3) is 0.625. The van der Waals surface area contributed by atoms with Crippen molar-refractivity contribution < 1.29 is 8.42 Å². The standard InChI is InChI=1S/C16H26N2O2S/c1-18-12-4-3-5-15(18)10-11-17-13-14-6-8-16(9-7-14)21(2,19)20/h6-9,15,17H,3-5,10-13H2,1-2H3. The number of benzene rings is 1. The first-order valence-electron chi connectivity index (χ1n) is 7.67. The highest BCUT2D eigenvalue weighted by Crippen LogP contribution is 2.17. The number of hydrogen-bond donors (Lipinski definition) is 1. The predicted octanol–water partition coefficient (Wildman–Crippen LogP) is 2.05. The van der Waals surface area contributed by atoms with Gasteiger partial charge in [0.1, 0.15) is 0 Å². The average molecular weight is 310 g/mol. The predicted molar refractivity (Wildman–Crippen MR) is 86.1 cm³/mol. The summed E-state index contributed by atoms with van der Waals surface area (Å²) in [5.74, 6) is 0. The molecule has 0 saturated carbocycles. The van der Waals surface area contributed by atoms with E-state index in [4.69, 9.17) is 0 Å². The van der Waals surface area contributed by atoms with Crippen LogP contribution < -0.4 is 5.32 Å². The third-order valence-electron chi connectivity index (χ3n) is 4.26. The number of piperidine rings is 1. The molecule has 1 aliphatic heterocycles. The van der Waals surface area contributed by atoms with E-state index < -0.39 is 9.84 Å². The summed E-state index contributed by atoms with van der Waals surface area (Å²) in [4.78, 5) is 2.85. The molecule has 2 rings (SSSR count). The van der Waals surface area contributed by atoms with Crippen molar-refractivity contribution in [3.05, 3.63) is 29.8 Å². The van der Waals surface area contributed by atoms with Crippen molar-refractivity contribution in [2.24, 2.45) is 0 Å². The summed E-state index contributed by atoms with van der Waals surface area (Å²) in [5.41, 5.74) is 1.12. The van der Waals surface area contributed by atoms with Gasteiger partial charge in [-0.2, -0.15) is 0 Å². The summed E-state index contributed by atoms with van der Waals surface area (Å²) in [6, 6.07) is 7.84. The Morgan fingerprint density at radius 3 is 2.57 bits per heavy atom. The molecule has 0 spiro atoms. The van der Waals surface area contributed by atoms with Gasteiger partial charge in [0.15, 0.2) is 9.84 Å². The van der Waals surface area contributed by atoms with E-state index in [0.29, 0.717) is 10.9 Å². The Hall–Kier alpha value is -0.910. The lowest BCUT2D eigenvalue weighted by molar-refractivity contribution is 0.175. The van der Waals surface area contributed by atoms with E-state index in [2.05, 4.69) is 17.3 Å². The van der Waals surface area contributed by atoms with Crippen LogP contribution in [-0.4, -0.2) is 45.8 Å². The van der Waals surface area contributed by atoms with E-state index in [1.165, 1.54) is 38.5 Å². The maximum absolute atomic E-state index is 11.4. The molecule has 1 aromatic carbocycles. The second kappa shape index (κ2) is 7.38. The van der Waals surface area contributed by atoms with E-state index in [1.54, 1.807) is 12.1 Å². The number of rotatable bonds is 6. The van der Waals surface area contributed by atoms with Gasteiger partial charge in [-0.25, -0.2) is 8.42 Å². The number of hydrogen-bond acceptors (Lipinski definition) is 4. The summed E-state index contributed by atoms with van der Waals surface area (Å²) >= 11 is 0. The van der Waals surface area contributed by atoms with Crippen LogP contribution in [0.15, 0.2) is 29.2 Å². The van der Waals surface area contributed by atoms with Gasteiger partial charge in [0.25, 0.3) is 0 Å². The Labute approximate surface area is 128 Å². The molecule has 5 heteroatoms. The van der Waals surface area contributed by atoms with Gasteiger partial charge in [-0.1, -0.05) is 18.6 Å². The van der Waals surface area contributed by atoms with Crippen molar-refractivity contribution in [1.29, 1.82) is 0 Å². The SMILES string of the molecule is CN1CCCCC1CCNCc1ccc(S(C)(=O)=O)cc1. The summed E-state index contributed by atoms with van der Waals surface area (Å²) < 4.78 is 22.8. The van der Waals surface area contributed by atoms with E-state index >= 15 is 0 Å². The van der Waals surface area contributed by atoms with E-state index in [-0.39, 0.29) is 0 Å². The second-order valence-electron chi connectivity index (χ2n) is 6.01. The minimum atomic E-state index is -3.09. The lowest BCUT2D eigenvalue weighted by atomic mass is 10.0. The van der Waals surface area contributed by atoms with Gasteiger partial charge in [0.05, 0.1) is 4.90 Å². The van der Waals surface area contributed by atoms with Crippen LogP contribution in [0.1, 0.15) is 31.2 Å². The first kappa shape index (κ1) is 16.5. The van der Waals surface area contributed by atoms with Gasteiger partial charge in [-0.15, -0.1) is 0 Å². The van der Waals surface area contributed by atoms with Gasteiger partial charge in [-0.3, -0.25) is 0 Å². The zero-order valence-corrected chi connectivity index (χ0v) is 13.8. The van der Waals surface area contributed by atoms with Crippen molar-refractivity contribution in [3.63, 3.8) is 0 Å². The van der Waals surface area contributed by atoms with E-state index in [9.17, 15) is 8.42 Å². The second-order valence-corrected chi connectivity index (χ2v) is 8.03. The molecule has 0 bridgehead atoms. The number of likely N-dealkylation sites (tertiary alicyclic amines) is 1. The van der Waals surface area contributed by atoms with Crippen LogP contribution in [0.25, 0.3) is 0 Å². The summed E-state index contributed by atoms with van der Waals surface area (Å²) in [6.07, 6.45) is 6.40. The summed E-state index contributed by atoms with van der Waals surface area (Å²) in [7, 11) is -0.875. The molecule has 0 radical (unpaired) electrons. The van der Waals surface area contributed by atoms with Crippen LogP contribution in [0.5, 0.6) is 0 Å². The van der Waals surface area contributed by atoms with Crippen LogP contribution in [0, 0.1) is 0 Å². The monoisotopic (exact) mass is 310 g/mol. The van der Waals surface area contributed by atoms with Crippen LogP contribution in [-0.2, 0) is 16.4 Å². The van der Waals surface area contributed by atoms with Gasteiger partial charge in [0.2, 0.25) is 0 Å². The van der Waals surface area contributed by atoms with Gasteiger partial charge in [0, 0.05) is 18.8 Å². The highest BCUT2D eigenvalue weighted by Gasteiger charge is 2.17. The Bertz CT molecular complexity index is 540. The average Bonchev–Trinajstić information content (AvgIpc) is 2.45. The fourth-order valence-corrected chi connectivity index (χ4v) is 3.50. The Kier molecular flexibility index (Phi) is 5.79. The van der Waals surface area contributed by atoms with Crippen molar-refractivity contribution in [2.75, 3.05) is 26.4 Å². The molecule has 1 aromatic rings. The maximum Gasteiger partial charge on any atom is 0.175 e. The normalized spacial score (nSPS) is 20.6. The molecule has 1 saturated heterocycles. The van der Waals surface area contributed by atoms with Crippen molar-refractivity contribution in [1.82, 2.24) is 10.2 Å². The molecule has 4 nitrogen and oxygen atoms in total. The molecular weight excluding hydrogens is 284 g/mol. The molecule has 1 unspecified atom stereocenters. The van der Waals surface area contributed by atoms with Crippen molar-refractivity contribution >= 4 is 9.84 Å². The third-order valence-corrected chi connectivity index (χ3v) is 5.38. The smallest absolute Gasteiger partial charge is 0.175 e. The van der Waals surface area contributed by atoms with Gasteiger partial charge < -0.3 is 10.2 Å². The maximum atomic E-state index is 11.4. The van der Waals surface area contributed by atoms with Gasteiger partial charge in [-0.05, 0) is 57.1 Å². The minimum absolute atomic E-state index is 0.384. The molecule has 118 valence electrons. The minimum Gasteiger partial charge on any atom is -0.313 e. The number of nitrogens with one attached hydrogen (secondary N) is 1. The van der Waals surface area contributed by atoms with Crippen LogP contribution in [0.2, 0.25) is 0 Å². The van der Waals surface area contributed by atoms with E-state index in [0.717, 1.165) is 18.7 Å². The largest absolute Gasteiger partial charge is 0.313 e. The summed E-state index contributed by atoms with van der Waals surface area (Å²) in [6.45, 7) is 3.01. The molecule has 1 atom stereocenters. The van der Waals surface area contributed by atoms with Crippen LogP contribution >= 0.6 is 0 Å². The molecule has 1 heterocycles. The highest BCUT2D eigenvalue weighted by molar-refractivity contribution is 7.90. The van der Waals surface area contributed by atoms with E-state index in [1.807, 2.05) is 12.1 Å². The molecule has 1 fully saturated rings. The van der Waals surface area contributed by atoms with Crippen molar-refractivity contribution in [2.45, 2.75) is 43.2 Å². The molecule has 1 N–H and O–H groups in total. The molecule has 0 aromatic heterocycles. The van der Waals surface area contributed by atoms with Gasteiger partial charge >= 0.3 is 0 Å². The van der Waals surface area contributed by atoms with Crippen LogP contribution in [0.4, 0.5) is 0 Å².